The van der Waals surface area contributed by atoms with Crippen LogP contribution in [-0.2, 0) is 4.79 Å². The molecule has 0 aromatic heterocycles. The molecule has 0 saturated carbocycles. The Bertz CT molecular complexity index is 1080. The number of fused-ring (bicyclic) bond motifs is 1. The van der Waals surface area contributed by atoms with Gasteiger partial charge in [-0.25, -0.2) is 0 Å². The number of hydrogen-bond donors (Lipinski definition) is 1. The van der Waals surface area contributed by atoms with Crippen LogP contribution in [0.3, 0.4) is 0 Å². The summed E-state index contributed by atoms with van der Waals surface area (Å²) in [6.45, 7) is 4.25. The fourth-order valence-electron chi connectivity index (χ4n) is 3.20. The second-order valence-electron chi connectivity index (χ2n) is 7.02. The Kier molecular flexibility index (Phi) is 5.50. The van der Waals surface area contributed by atoms with Crippen molar-refractivity contribution in [3.8, 4) is 11.5 Å². The minimum atomic E-state index is -0.372. The van der Waals surface area contributed by atoms with Crippen LogP contribution < -0.4 is 14.8 Å². The zero-order valence-electron chi connectivity index (χ0n) is 16.6. The molecule has 8 heteroatoms. The first-order valence-electron chi connectivity index (χ1n) is 9.43. The molecule has 0 aliphatic carbocycles. The van der Waals surface area contributed by atoms with Gasteiger partial charge in [-0.3, -0.25) is 19.3 Å². The summed E-state index contributed by atoms with van der Waals surface area (Å²) in [4.78, 5) is 38.8. The number of rotatable bonds is 5. The van der Waals surface area contributed by atoms with E-state index in [4.69, 9.17) is 9.47 Å². The van der Waals surface area contributed by atoms with Crippen LogP contribution in [0, 0.1) is 13.8 Å². The van der Waals surface area contributed by atoms with Crippen molar-refractivity contribution in [2.24, 2.45) is 0 Å². The van der Waals surface area contributed by atoms with Crippen molar-refractivity contribution in [2.75, 3.05) is 19.9 Å². The molecule has 2 aromatic rings. The quantitative estimate of drug-likeness (QED) is 0.740. The summed E-state index contributed by atoms with van der Waals surface area (Å²) in [6, 6.07) is 11.0. The minimum absolute atomic E-state index is 0.111. The molecule has 4 rings (SSSR count). The molecule has 2 aromatic carbocycles. The van der Waals surface area contributed by atoms with E-state index in [9.17, 15) is 14.4 Å². The largest absolute Gasteiger partial charge is 0.454 e. The predicted molar refractivity (Wildman–Crippen MR) is 113 cm³/mol. The molecule has 0 unspecified atom stereocenters. The van der Waals surface area contributed by atoms with Crippen molar-refractivity contribution in [2.45, 2.75) is 13.8 Å². The number of carbonyl (C=O) groups excluding carboxylic acids is 3. The van der Waals surface area contributed by atoms with Crippen molar-refractivity contribution in [1.82, 2.24) is 10.2 Å². The van der Waals surface area contributed by atoms with Gasteiger partial charge in [-0.1, -0.05) is 23.8 Å². The molecule has 2 aliphatic heterocycles. The van der Waals surface area contributed by atoms with Crippen molar-refractivity contribution in [1.29, 1.82) is 0 Å². The lowest BCUT2D eigenvalue weighted by atomic mass is 10.1. The molecule has 7 nitrogen and oxygen atoms in total. The van der Waals surface area contributed by atoms with E-state index in [0.717, 1.165) is 33.4 Å². The second kappa shape index (κ2) is 8.23. The number of aryl methyl sites for hydroxylation is 2. The molecule has 30 heavy (non-hydrogen) atoms. The highest BCUT2D eigenvalue weighted by Crippen LogP contribution is 2.36. The van der Waals surface area contributed by atoms with Gasteiger partial charge in [0.1, 0.15) is 0 Å². The molecule has 1 saturated heterocycles. The highest BCUT2D eigenvalue weighted by atomic mass is 32.2. The number of benzene rings is 2. The Hall–Kier alpha value is -3.26. The molecular formula is C22H20N2O5S. The van der Waals surface area contributed by atoms with Gasteiger partial charge in [0.05, 0.1) is 4.91 Å². The first-order chi connectivity index (χ1) is 14.4. The maximum atomic E-state index is 12.6. The van der Waals surface area contributed by atoms with Crippen LogP contribution in [0.25, 0.3) is 6.08 Å². The lowest BCUT2D eigenvalue weighted by molar-refractivity contribution is -0.122. The summed E-state index contributed by atoms with van der Waals surface area (Å²) in [5.41, 5.74) is 3.20. The van der Waals surface area contributed by atoms with E-state index in [1.807, 2.05) is 32.0 Å². The summed E-state index contributed by atoms with van der Waals surface area (Å²) in [5.74, 6) is 0.666. The predicted octanol–water partition coefficient (Wildman–Crippen LogP) is 3.50. The Balaban J connectivity index is 1.38. The van der Waals surface area contributed by atoms with Gasteiger partial charge >= 0.3 is 0 Å². The molecule has 2 aliphatic rings. The molecule has 154 valence electrons. The van der Waals surface area contributed by atoms with Crippen LogP contribution in [0.5, 0.6) is 11.5 Å². The molecule has 0 bridgehead atoms. The Morgan fingerprint density at radius 3 is 2.77 bits per heavy atom. The van der Waals surface area contributed by atoms with Gasteiger partial charge < -0.3 is 14.8 Å². The van der Waals surface area contributed by atoms with Crippen molar-refractivity contribution >= 4 is 34.9 Å². The zero-order chi connectivity index (χ0) is 21.3. The molecule has 1 N–H and O–H groups in total. The van der Waals surface area contributed by atoms with Crippen LogP contribution >= 0.6 is 11.8 Å². The Morgan fingerprint density at radius 2 is 1.93 bits per heavy atom. The number of ether oxygens (including phenoxy) is 2. The van der Waals surface area contributed by atoms with Gasteiger partial charge in [0, 0.05) is 18.7 Å². The third-order valence-electron chi connectivity index (χ3n) is 4.83. The zero-order valence-corrected chi connectivity index (χ0v) is 17.4. The van der Waals surface area contributed by atoms with E-state index in [1.54, 1.807) is 24.3 Å². The third-order valence-corrected chi connectivity index (χ3v) is 5.73. The minimum Gasteiger partial charge on any atom is -0.454 e. The lowest BCUT2D eigenvalue weighted by Crippen LogP contribution is -2.37. The normalized spacial score (nSPS) is 16.5. The van der Waals surface area contributed by atoms with Crippen LogP contribution in [0.4, 0.5) is 4.79 Å². The molecular weight excluding hydrogens is 404 g/mol. The maximum Gasteiger partial charge on any atom is 0.293 e. The monoisotopic (exact) mass is 424 g/mol. The summed E-state index contributed by atoms with van der Waals surface area (Å²) < 4.78 is 10.6. The number of imide groups is 1. The van der Waals surface area contributed by atoms with E-state index < -0.39 is 0 Å². The standard InChI is InChI=1S/C22H20N2O5S/c1-13-3-4-14(2)16(9-13)20(25)23-7-8-24-21(26)19(30-22(24)27)11-15-5-6-17-18(10-15)29-12-28-17/h3-6,9-11H,7-8,12H2,1-2H3,(H,23,25). The van der Waals surface area contributed by atoms with Crippen LogP contribution in [0.15, 0.2) is 41.3 Å². The molecule has 2 heterocycles. The molecule has 0 radical (unpaired) electrons. The molecule has 3 amide bonds. The van der Waals surface area contributed by atoms with Crippen molar-refractivity contribution in [3.63, 3.8) is 0 Å². The molecule has 0 spiro atoms. The average Bonchev–Trinajstić information content (AvgIpc) is 3.29. The van der Waals surface area contributed by atoms with Crippen molar-refractivity contribution < 1.29 is 23.9 Å². The van der Waals surface area contributed by atoms with E-state index in [-0.39, 0.29) is 36.9 Å². The SMILES string of the molecule is Cc1ccc(C)c(C(=O)NCCN2C(=O)SC(=Cc3ccc4c(c3)OCO4)C2=O)c1. The number of nitrogens with zero attached hydrogens (tertiary/aromatic N) is 1. The Labute approximate surface area is 178 Å². The molecule has 1 fully saturated rings. The fraction of sp³-hybridized carbons (Fsp3) is 0.227. The van der Waals surface area contributed by atoms with Crippen molar-refractivity contribution in [3.05, 3.63) is 63.6 Å². The van der Waals surface area contributed by atoms with E-state index >= 15 is 0 Å². The van der Waals surface area contributed by atoms with Gasteiger partial charge in [0.2, 0.25) is 6.79 Å². The number of nitrogens with one attached hydrogen (secondary N) is 1. The van der Waals surface area contributed by atoms with Crippen LogP contribution in [-0.4, -0.2) is 41.8 Å². The van der Waals surface area contributed by atoms with Gasteiger partial charge in [-0.2, -0.15) is 0 Å². The van der Waals surface area contributed by atoms with Gasteiger partial charge in [-0.15, -0.1) is 0 Å². The number of amides is 3. The lowest BCUT2D eigenvalue weighted by Gasteiger charge is -2.13. The highest BCUT2D eigenvalue weighted by molar-refractivity contribution is 8.18. The summed E-state index contributed by atoms with van der Waals surface area (Å²) >= 11 is 0.883. The highest BCUT2D eigenvalue weighted by Gasteiger charge is 2.34. The van der Waals surface area contributed by atoms with E-state index in [0.29, 0.717) is 22.0 Å². The van der Waals surface area contributed by atoms with E-state index in [2.05, 4.69) is 5.32 Å². The average molecular weight is 424 g/mol. The Morgan fingerprint density at radius 1 is 1.13 bits per heavy atom. The first-order valence-corrected chi connectivity index (χ1v) is 10.2. The number of thioether (sulfide) groups is 1. The molecule has 0 atom stereocenters. The van der Waals surface area contributed by atoms with Crippen LogP contribution in [0.2, 0.25) is 0 Å². The second-order valence-corrected chi connectivity index (χ2v) is 8.01. The summed E-state index contributed by atoms with van der Waals surface area (Å²) in [6.07, 6.45) is 1.65. The maximum absolute atomic E-state index is 12.6. The van der Waals surface area contributed by atoms with E-state index in [1.165, 1.54) is 0 Å². The van der Waals surface area contributed by atoms with Gasteiger partial charge in [-0.05, 0) is 61.0 Å². The topological polar surface area (TPSA) is 84.9 Å². The summed E-state index contributed by atoms with van der Waals surface area (Å²) in [7, 11) is 0. The smallest absolute Gasteiger partial charge is 0.293 e. The van der Waals surface area contributed by atoms with Gasteiger partial charge in [0.25, 0.3) is 17.1 Å². The van der Waals surface area contributed by atoms with Crippen LogP contribution in [0.1, 0.15) is 27.0 Å². The number of carbonyl (C=O) groups is 3. The third kappa shape index (κ3) is 4.04. The van der Waals surface area contributed by atoms with Gasteiger partial charge in [0.15, 0.2) is 11.5 Å². The fourth-order valence-corrected chi connectivity index (χ4v) is 4.07. The summed E-state index contributed by atoms with van der Waals surface area (Å²) in [5, 5.41) is 2.43. The number of hydrogen-bond acceptors (Lipinski definition) is 6. The first kappa shape index (κ1) is 20.0.